The van der Waals surface area contributed by atoms with E-state index in [1.165, 1.54) is 24.0 Å². The zero-order chi connectivity index (χ0) is 52.9. The Balaban J connectivity index is 1.00. The molecule has 5 heterocycles. The van der Waals surface area contributed by atoms with Gasteiger partial charge in [-0.15, -0.1) is 0 Å². The molecule has 0 aliphatic carbocycles. The van der Waals surface area contributed by atoms with E-state index in [-0.39, 0.29) is 68.8 Å². The lowest BCUT2D eigenvalue weighted by Gasteiger charge is -2.34. The maximum Gasteiger partial charge on any atom is 0.260 e. The number of hydrogen-bond donors (Lipinski definition) is 1. The molecule has 5 aliphatic rings. The molecule has 1 fully saturated rings. The molecule has 0 aromatic heterocycles. The summed E-state index contributed by atoms with van der Waals surface area (Å²) in [4.78, 5) is 68.8. The predicted molar refractivity (Wildman–Crippen MR) is 293 cm³/mol. The smallest absolute Gasteiger partial charge is 0.260 e. The summed E-state index contributed by atoms with van der Waals surface area (Å²) >= 11 is 0. The van der Waals surface area contributed by atoms with Crippen LogP contribution in [-0.2, 0) is 19.1 Å². The first-order valence-corrected chi connectivity index (χ1v) is 33.1. The molecule has 2 N–H and O–H groups in total. The Hall–Kier alpha value is -6.15. The first kappa shape index (κ1) is 54.1. The van der Waals surface area contributed by atoms with Gasteiger partial charge in [0.2, 0.25) is 0 Å². The van der Waals surface area contributed by atoms with Gasteiger partial charge in [-0.05, 0) is 54.5 Å². The summed E-state index contributed by atoms with van der Waals surface area (Å²) in [6.45, 7) is 18.9. The van der Waals surface area contributed by atoms with Gasteiger partial charge in [0.1, 0.15) is 25.5 Å². The van der Waals surface area contributed by atoms with Crippen molar-refractivity contribution in [3.8, 4) is 34.8 Å². The van der Waals surface area contributed by atoms with Gasteiger partial charge in [0.05, 0.1) is 56.5 Å². The van der Waals surface area contributed by atoms with Crippen molar-refractivity contribution in [1.82, 2.24) is 14.7 Å². The second-order valence-electron chi connectivity index (χ2n) is 21.8. The molecule has 0 unspecified atom stereocenters. The average Bonchev–Trinajstić information content (AvgIpc) is 3.99. The molecule has 8 rings (SSSR count). The molecule has 74 heavy (non-hydrogen) atoms. The summed E-state index contributed by atoms with van der Waals surface area (Å²) in [7, 11) is 2.26. The molecule has 3 aromatic carbocycles. The zero-order valence-corrected chi connectivity index (χ0v) is 46.6. The second-order valence-corrected chi connectivity index (χ2v) is 33.1. The summed E-state index contributed by atoms with van der Waals surface area (Å²) in [6.07, 6.45) is 4.44. The monoisotopic (exact) mass is 1050 g/mol. The number of likely N-dealkylation sites (N-methyl/N-ethyl adjacent to an activating group) is 1. The van der Waals surface area contributed by atoms with E-state index in [0.29, 0.717) is 71.6 Å². The number of nitrogens with zero attached hydrogens (tertiary/aromatic N) is 6. The molecule has 19 heteroatoms. The van der Waals surface area contributed by atoms with Crippen molar-refractivity contribution in [1.29, 1.82) is 0 Å². The van der Waals surface area contributed by atoms with Gasteiger partial charge in [-0.2, -0.15) is 0 Å². The van der Waals surface area contributed by atoms with E-state index in [9.17, 15) is 19.2 Å². The maximum absolute atomic E-state index is 14.8. The van der Waals surface area contributed by atoms with Crippen molar-refractivity contribution >= 4 is 62.4 Å². The molecule has 1 saturated heterocycles. The molecule has 2 atom stereocenters. The van der Waals surface area contributed by atoms with Crippen molar-refractivity contribution in [3.05, 3.63) is 83.2 Å². The third kappa shape index (κ3) is 12.3. The summed E-state index contributed by atoms with van der Waals surface area (Å²) in [5, 5.41) is 0. The van der Waals surface area contributed by atoms with E-state index >= 15 is 0 Å². The minimum Gasteiger partial charge on any atom is -0.493 e. The standard InChI is InChI=1S/C55H73N7O10Si2/c1-57-18-20-58(21-19-57)41-15-13-39(14-16-41)40-29-47-55(66)62(37-70-25-27-74(7,8)9)45-33-51(49(68-3)31-43(45)53(64)60(47)35-40)72-23-11-22-71-50-32-44-42(30-48(50)67-2)52(63)59-34-38(12-10-17-56)28-46(59)54(65)61(44)36-69-24-26-73(4,5)6/h13-16,30-35,46-47H,11,17-29,36-37,56H2,1-9H3/t46-,47-/m0/s1. The zero-order valence-electron chi connectivity index (χ0n) is 44.6. The van der Waals surface area contributed by atoms with Crippen LogP contribution < -0.4 is 39.4 Å². The molecular formula is C55H73N7O10Si2. The number of hydrogen-bond acceptors (Lipinski definition) is 13. The highest BCUT2D eigenvalue weighted by atomic mass is 28.3. The summed E-state index contributed by atoms with van der Waals surface area (Å²) < 4.78 is 36.6. The van der Waals surface area contributed by atoms with Crippen molar-refractivity contribution in [2.24, 2.45) is 5.73 Å². The Labute approximate surface area is 438 Å². The number of fused-ring (bicyclic) bond motifs is 4. The Kier molecular flexibility index (Phi) is 16.9. The lowest BCUT2D eigenvalue weighted by atomic mass is 10.0. The van der Waals surface area contributed by atoms with Crippen molar-refractivity contribution < 1.29 is 47.6 Å². The number of carbonyl (C=O) groups is 4. The van der Waals surface area contributed by atoms with Crippen molar-refractivity contribution in [2.45, 2.75) is 82.7 Å². The van der Waals surface area contributed by atoms with E-state index in [0.717, 1.165) is 55.1 Å². The maximum atomic E-state index is 14.8. The molecule has 0 radical (unpaired) electrons. The Morgan fingerprint density at radius 1 is 0.635 bits per heavy atom. The van der Waals surface area contributed by atoms with Gasteiger partial charge < -0.3 is 53.8 Å². The molecule has 3 aromatic rings. The Morgan fingerprint density at radius 2 is 1.14 bits per heavy atom. The van der Waals surface area contributed by atoms with Crippen LogP contribution in [0.1, 0.15) is 45.5 Å². The van der Waals surface area contributed by atoms with Gasteiger partial charge in [0.15, 0.2) is 23.0 Å². The number of carbonyl (C=O) groups excluding carboxylic acids is 4. The number of anilines is 3. The number of amides is 4. The van der Waals surface area contributed by atoms with Crippen LogP contribution in [0.3, 0.4) is 0 Å². The van der Waals surface area contributed by atoms with Crippen LogP contribution in [0.15, 0.2) is 66.5 Å². The van der Waals surface area contributed by atoms with E-state index in [1.807, 2.05) is 6.20 Å². The van der Waals surface area contributed by atoms with E-state index < -0.39 is 28.2 Å². The second kappa shape index (κ2) is 23.2. The summed E-state index contributed by atoms with van der Waals surface area (Å²) in [6, 6.07) is 15.2. The number of nitrogens with two attached hydrogens (primary N) is 1. The molecule has 0 bridgehead atoms. The van der Waals surface area contributed by atoms with Gasteiger partial charge in [0, 0.05) is 111 Å². The number of piperazine rings is 1. The molecule has 396 valence electrons. The largest absolute Gasteiger partial charge is 0.493 e. The Morgan fingerprint density at radius 3 is 1.62 bits per heavy atom. The quantitative estimate of drug-likeness (QED) is 0.0703. The third-order valence-corrected chi connectivity index (χ3v) is 17.4. The number of methoxy groups -OCH3 is 2. The molecule has 4 amide bonds. The summed E-state index contributed by atoms with van der Waals surface area (Å²) in [5.41, 5.74) is 10.6. The molecule has 5 aliphatic heterocycles. The van der Waals surface area contributed by atoms with Crippen molar-refractivity contribution in [3.63, 3.8) is 0 Å². The first-order valence-electron chi connectivity index (χ1n) is 25.7. The van der Waals surface area contributed by atoms with Crippen LogP contribution in [0.5, 0.6) is 23.0 Å². The summed E-state index contributed by atoms with van der Waals surface area (Å²) in [5.74, 6) is 5.91. The van der Waals surface area contributed by atoms with Gasteiger partial charge in [-0.3, -0.25) is 29.0 Å². The lowest BCUT2D eigenvalue weighted by molar-refractivity contribution is -0.123. The number of ether oxygens (including phenoxy) is 6. The van der Waals surface area contributed by atoms with Gasteiger partial charge in [-0.1, -0.05) is 63.3 Å². The van der Waals surface area contributed by atoms with E-state index in [1.54, 1.807) is 40.3 Å². The van der Waals surface area contributed by atoms with Crippen molar-refractivity contribution in [2.75, 3.05) is 109 Å². The van der Waals surface area contributed by atoms with E-state index in [4.69, 9.17) is 34.2 Å². The highest BCUT2D eigenvalue weighted by Crippen LogP contribution is 2.43. The molecule has 0 saturated carbocycles. The minimum atomic E-state index is -1.45. The minimum absolute atomic E-state index is 0.0374. The molecular weight excluding hydrogens is 975 g/mol. The SMILES string of the molecule is COc1cc2c(cc1OCCCOc1cc3c(cc1OC)C(=O)N1C=C(c4ccc(N5CCN(C)CC5)cc4)C[C@H]1C(=O)N3COCC[Si](C)(C)C)N(COCC[Si](C)(C)C)C(=O)[C@@H]1CC(C#CCN)=CN1C2=O. The van der Waals surface area contributed by atoms with Crippen LogP contribution in [-0.4, -0.2) is 160 Å². The highest BCUT2D eigenvalue weighted by molar-refractivity contribution is 6.76. The van der Waals surface area contributed by atoms with Gasteiger partial charge in [-0.25, -0.2) is 0 Å². The van der Waals surface area contributed by atoms with Crippen LogP contribution in [0, 0.1) is 11.8 Å². The van der Waals surface area contributed by atoms with Crippen LogP contribution in [0.25, 0.3) is 5.57 Å². The van der Waals surface area contributed by atoms with Gasteiger partial charge in [0.25, 0.3) is 23.6 Å². The first-order chi connectivity index (χ1) is 35.4. The fourth-order valence-corrected chi connectivity index (χ4v) is 11.0. The Bertz CT molecular complexity index is 2720. The highest BCUT2D eigenvalue weighted by Gasteiger charge is 2.45. The fourth-order valence-electron chi connectivity index (χ4n) is 9.50. The number of benzene rings is 3. The normalized spacial score (nSPS) is 19.0. The van der Waals surface area contributed by atoms with Crippen LogP contribution in [0.2, 0.25) is 51.4 Å². The topological polar surface area (TPSA) is 169 Å². The van der Waals surface area contributed by atoms with Crippen LogP contribution >= 0.6 is 0 Å². The van der Waals surface area contributed by atoms with Gasteiger partial charge >= 0.3 is 0 Å². The lowest BCUT2D eigenvalue weighted by Crippen LogP contribution is -2.45. The average molecular weight is 1050 g/mol. The number of rotatable bonds is 20. The fraction of sp³-hybridized carbons (Fsp3) is 0.491. The molecule has 0 spiro atoms. The van der Waals surface area contributed by atoms with E-state index in [2.05, 4.69) is 92.2 Å². The van der Waals surface area contributed by atoms with Crippen LogP contribution in [0.4, 0.5) is 17.1 Å². The third-order valence-electron chi connectivity index (χ3n) is 14.0. The predicted octanol–water partition coefficient (Wildman–Crippen LogP) is 6.94. The molecule has 17 nitrogen and oxygen atoms in total.